The van der Waals surface area contributed by atoms with E-state index in [1.54, 1.807) is 0 Å². The quantitative estimate of drug-likeness (QED) is 0.720. The van der Waals surface area contributed by atoms with Crippen LogP contribution in [0.25, 0.3) is 0 Å². The first kappa shape index (κ1) is 15.0. The van der Waals surface area contributed by atoms with Crippen LogP contribution >= 0.6 is 0 Å². The zero-order valence-electron chi connectivity index (χ0n) is 11.2. The van der Waals surface area contributed by atoms with Crippen molar-refractivity contribution in [1.29, 1.82) is 0 Å². The van der Waals surface area contributed by atoms with Gasteiger partial charge >= 0.3 is 16.4 Å². The second-order valence-electron chi connectivity index (χ2n) is 5.04. The summed E-state index contributed by atoms with van der Waals surface area (Å²) in [5, 5.41) is 0.751. The van der Waals surface area contributed by atoms with Crippen molar-refractivity contribution in [2.75, 3.05) is 6.54 Å². The highest BCUT2D eigenvalue weighted by Gasteiger charge is 2.49. The van der Waals surface area contributed by atoms with Gasteiger partial charge in [-0.1, -0.05) is 0 Å². The van der Waals surface area contributed by atoms with E-state index in [9.17, 15) is 18.0 Å². The van der Waals surface area contributed by atoms with Gasteiger partial charge in [-0.15, -0.1) is 4.28 Å². The summed E-state index contributed by atoms with van der Waals surface area (Å²) in [6, 6.07) is -1.84. The standard InChI is InChI=1S/C10H17N3O6S/c1-6(2)18-20(16,17)19-13-7-3-4-8(9(11)14)12(5-7)10(13)15/h6-8H,3-5H2,1-2H3,(H2,11,14)/t7-,8-/m0/s1. The Balaban J connectivity index is 2.12. The minimum Gasteiger partial charge on any atom is -0.368 e. The van der Waals surface area contributed by atoms with E-state index >= 15 is 0 Å². The Morgan fingerprint density at radius 2 is 2.05 bits per heavy atom. The molecule has 0 aromatic rings. The Bertz CT molecular complexity index is 519. The number of urea groups is 1. The predicted molar refractivity (Wildman–Crippen MR) is 66.2 cm³/mol. The van der Waals surface area contributed by atoms with Crippen LogP contribution in [-0.2, 0) is 23.7 Å². The molecule has 3 amide bonds. The van der Waals surface area contributed by atoms with Crippen molar-refractivity contribution in [2.45, 2.75) is 44.9 Å². The van der Waals surface area contributed by atoms with E-state index in [4.69, 9.17) is 10.0 Å². The lowest BCUT2D eigenvalue weighted by Gasteiger charge is -2.27. The molecule has 0 spiro atoms. The lowest BCUT2D eigenvalue weighted by atomic mass is 10.0. The van der Waals surface area contributed by atoms with Gasteiger partial charge in [0.05, 0.1) is 12.1 Å². The van der Waals surface area contributed by atoms with Gasteiger partial charge in [-0.2, -0.15) is 13.5 Å². The minimum atomic E-state index is -4.31. The first-order valence-electron chi connectivity index (χ1n) is 6.23. The van der Waals surface area contributed by atoms with E-state index in [0.717, 1.165) is 5.06 Å². The van der Waals surface area contributed by atoms with Gasteiger partial charge in [0.25, 0.3) is 0 Å². The van der Waals surface area contributed by atoms with Crippen LogP contribution in [0.5, 0.6) is 0 Å². The Morgan fingerprint density at radius 1 is 1.40 bits per heavy atom. The second-order valence-corrected chi connectivity index (χ2v) is 6.20. The number of hydrogen-bond donors (Lipinski definition) is 1. The first-order chi connectivity index (χ1) is 9.21. The van der Waals surface area contributed by atoms with Gasteiger partial charge in [0.1, 0.15) is 6.04 Å². The molecule has 10 heteroatoms. The number of primary amides is 1. The molecule has 9 nitrogen and oxygen atoms in total. The molecule has 0 aliphatic carbocycles. The molecule has 2 fully saturated rings. The zero-order chi connectivity index (χ0) is 15.1. The monoisotopic (exact) mass is 307 g/mol. The van der Waals surface area contributed by atoms with E-state index in [0.29, 0.717) is 12.8 Å². The van der Waals surface area contributed by atoms with Gasteiger partial charge in [-0.3, -0.25) is 4.79 Å². The van der Waals surface area contributed by atoms with E-state index < -0.39 is 40.5 Å². The predicted octanol–water partition coefficient (Wildman–Crippen LogP) is -0.658. The van der Waals surface area contributed by atoms with E-state index in [1.165, 1.54) is 18.7 Å². The molecule has 2 heterocycles. The van der Waals surface area contributed by atoms with Crippen molar-refractivity contribution in [3.8, 4) is 0 Å². The van der Waals surface area contributed by atoms with Gasteiger partial charge in [-0.05, 0) is 26.7 Å². The molecular formula is C10H17N3O6S. The molecule has 2 N–H and O–H groups in total. The third kappa shape index (κ3) is 2.86. The van der Waals surface area contributed by atoms with Crippen LogP contribution in [0.2, 0.25) is 0 Å². The topological polar surface area (TPSA) is 119 Å². The molecule has 0 radical (unpaired) electrons. The summed E-state index contributed by atoms with van der Waals surface area (Å²) in [5.74, 6) is -0.611. The Morgan fingerprint density at radius 3 is 2.60 bits per heavy atom. The van der Waals surface area contributed by atoms with Crippen molar-refractivity contribution in [2.24, 2.45) is 5.73 Å². The Hall–Kier alpha value is -1.39. The van der Waals surface area contributed by atoms with Crippen molar-refractivity contribution in [3.63, 3.8) is 0 Å². The fraction of sp³-hybridized carbons (Fsp3) is 0.800. The van der Waals surface area contributed by atoms with Crippen molar-refractivity contribution in [1.82, 2.24) is 9.96 Å². The van der Waals surface area contributed by atoms with Crippen LogP contribution < -0.4 is 5.73 Å². The van der Waals surface area contributed by atoms with Gasteiger partial charge in [-0.25, -0.2) is 8.98 Å². The Labute approximate surface area is 116 Å². The van der Waals surface area contributed by atoms with Crippen LogP contribution in [0.3, 0.4) is 0 Å². The number of amides is 3. The number of nitrogens with two attached hydrogens (primary N) is 1. The summed E-state index contributed by atoms with van der Waals surface area (Å²) in [7, 11) is -4.31. The van der Waals surface area contributed by atoms with Crippen LogP contribution in [-0.4, -0.2) is 55.1 Å². The second kappa shape index (κ2) is 5.19. The molecule has 2 aliphatic rings. The van der Waals surface area contributed by atoms with E-state index in [1.807, 2.05) is 0 Å². The highest BCUT2D eigenvalue weighted by Crippen LogP contribution is 2.30. The summed E-state index contributed by atoms with van der Waals surface area (Å²) in [6.07, 6.45) is 0.222. The molecule has 2 aliphatic heterocycles. The number of carbonyl (C=O) groups is 2. The van der Waals surface area contributed by atoms with Gasteiger partial charge in [0.2, 0.25) is 5.91 Å². The number of fused-ring (bicyclic) bond motifs is 2. The summed E-state index contributed by atoms with van der Waals surface area (Å²) in [5.41, 5.74) is 5.22. The molecule has 2 saturated heterocycles. The summed E-state index contributed by atoms with van der Waals surface area (Å²) < 4.78 is 32.5. The maximum Gasteiger partial charge on any atom is 0.421 e. The lowest BCUT2D eigenvalue weighted by molar-refractivity contribution is -0.122. The summed E-state index contributed by atoms with van der Waals surface area (Å²) in [4.78, 5) is 24.5. The highest BCUT2D eigenvalue weighted by atomic mass is 32.3. The largest absolute Gasteiger partial charge is 0.421 e. The minimum absolute atomic E-state index is 0.212. The summed E-state index contributed by atoms with van der Waals surface area (Å²) >= 11 is 0. The fourth-order valence-corrected chi connectivity index (χ4v) is 3.27. The number of hydroxylamine groups is 2. The Kier molecular flexibility index (Phi) is 3.89. The average Bonchev–Trinajstić information content (AvgIpc) is 2.52. The number of piperidine rings is 1. The number of carbonyl (C=O) groups excluding carboxylic acids is 2. The SMILES string of the molecule is CC(C)OS(=O)(=O)ON1C(=O)N2C[C@@H]1CC[C@H]2C(N)=O. The smallest absolute Gasteiger partial charge is 0.368 e. The van der Waals surface area contributed by atoms with Gasteiger partial charge in [0, 0.05) is 6.54 Å². The summed E-state index contributed by atoms with van der Waals surface area (Å²) in [6.45, 7) is 3.26. The third-order valence-electron chi connectivity index (χ3n) is 3.13. The lowest BCUT2D eigenvalue weighted by Crippen LogP contribution is -2.47. The molecule has 114 valence electrons. The maximum atomic E-state index is 12.1. The molecule has 0 aromatic heterocycles. The van der Waals surface area contributed by atoms with Gasteiger partial charge < -0.3 is 10.6 Å². The maximum absolute atomic E-state index is 12.1. The molecule has 0 unspecified atom stereocenters. The third-order valence-corrected chi connectivity index (χ3v) is 4.10. The number of rotatable bonds is 5. The molecule has 20 heavy (non-hydrogen) atoms. The molecule has 0 saturated carbocycles. The van der Waals surface area contributed by atoms with Crippen LogP contribution in [0.1, 0.15) is 26.7 Å². The number of hydrogen-bond acceptors (Lipinski definition) is 6. The molecule has 2 atom stereocenters. The van der Waals surface area contributed by atoms with Gasteiger partial charge in [0.15, 0.2) is 0 Å². The van der Waals surface area contributed by atoms with Crippen molar-refractivity contribution >= 4 is 22.3 Å². The molecular weight excluding hydrogens is 290 g/mol. The highest BCUT2D eigenvalue weighted by molar-refractivity contribution is 7.81. The zero-order valence-corrected chi connectivity index (χ0v) is 12.0. The molecule has 2 bridgehead atoms. The van der Waals surface area contributed by atoms with Crippen LogP contribution in [0, 0.1) is 0 Å². The van der Waals surface area contributed by atoms with Crippen LogP contribution in [0.15, 0.2) is 0 Å². The molecule has 2 rings (SSSR count). The fourth-order valence-electron chi connectivity index (χ4n) is 2.38. The van der Waals surface area contributed by atoms with Crippen molar-refractivity contribution in [3.05, 3.63) is 0 Å². The number of nitrogens with zero attached hydrogens (tertiary/aromatic N) is 2. The normalized spacial score (nSPS) is 26.4. The van der Waals surface area contributed by atoms with Crippen molar-refractivity contribution < 1.29 is 26.5 Å². The first-order valence-corrected chi connectivity index (χ1v) is 7.56. The molecule has 0 aromatic carbocycles. The van der Waals surface area contributed by atoms with E-state index in [-0.39, 0.29) is 6.54 Å². The average molecular weight is 307 g/mol. The van der Waals surface area contributed by atoms with E-state index in [2.05, 4.69) is 4.18 Å². The van der Waals surface area contributed by atoms with Crippen LogP contribution in [0.4, 0.5) is 4.79 Å².